The lowest BCUT2D eigenvalue weighted by Gasteiger charge is -2.50. The highest BCUT2D eigenvalue weighted by Gasteiger charge is 2.63. The Morgan fingerprint density at radius 2 is 1.97 bits per heavy atom. The van der Waals surface area contributed by atoms with Crippen molar-refractivity contribution in [1.29, 1.82) is 0 Å². The van der Waals surface area contributed by atoms with Gasteiger partial charge >= 0.3 is 0 Å². The topological polar surface area (TPSA) is 106 Å². The van der Waals surface area contributed by atoms with Gasteiger partial charge in [-0.05, 0) is 50.1 Å². The van der Waals surface area contributed by atoms with Crippen LogP contribution in [0.4, 0.5) is 0 Å². The summed E-state index contributed by atoms with van der Waals surface area (Å²) in [7, 11) is -0.574. The highest BCUT2D eigenvalue weighted by molar-refractivity contribution is 7.89. The van der Waals surface area contributed by atoms with Crippen molar-refractivity contribution in [2.75, 3.05) is 53.5 Å². The normalized spacial score (nSPS) is 24.9. The van der Waals surface area contributed by atoms with Crippen LogP contribution in [-0.4, -0.2) is 109 Å². The number of H-pyrrole nitrogens is 1. The number of carbonyl (C=O) groups excluding carboxylic acids is 2. The fourth-order valence-corrected chi connectivity index (χ4v) is 7.57. The summed E-state index contributed by atoms with van der Waals surface area (Å²) in [6.45, 7) is 1.29. The number of nitrogens with one attached hydrogen (secondary N) is 1. The van der Waals surface area contributed by atoms with E-state index >= 15 is 0 Å². The van der Waals surface area contributed by atoms with Crippen LogP contribution in [0.2, 0.25) is 5.02 Å². The summed E-state index contributed by atoms with van der Waals surface area (Å²) < 4.78 is 34.2. The Labute approximate surface area is 215 Å². The number of piperidine rings is 1. The van der Waals surface area contributed by atoms with E-state index in [-0.39, 0.29) is 36.5 Å². The van der Waals surface area contributed by atoms with Gasteiger partial charge in [0.15, 0.2) is 0 Å². The third-order valence-electron chi connectivity index (χ3n) is 7.99. The molecule has 0 radical (unpaired) electrons. The van der Waals surface area contributed by atoms with Gasteiger partial charge in [-0.25, -0.2) is 8.42 Å². The number of hydrogen-bond acceptors (Lipinski definition) is 6. The lowest BCUT2D eigenvalue weighted by molar-refractivity contribution is -0.152. The van der Waals surface area contributed by atoms with Crippen molar-refractivity contribution in [3.8, 4) is 12.3 Å². The van der Waals surface area contributed by atoms with E-state index in [1.165, 1.54) is 10.4 Å². The number of ether oxygens (including phenoxy) is 1. The highest BCUT2D eigenvalue weighted by Crippen LogP contribution is 2.45. The molecule has 0 bridgehead atoms. The molecule has 3 aliphatic rings. The van der Waals surface area contributed by atoms with Crippen molar-refractivity contribution < 1.29 is 22.7 Å². The number of benzene rings is 1. The van der Waals surface area contributed by atoms with Crippen molar-refractivity contribution in [1.82, 2.24) is 24.0 Å². The number of hydrogen-bond donors (Lipinski definition) is 1. The molecule has 36 heavy (non-hydrogen) atoms. The van der Waals surface area contributed by atoms with Crippen LogP contribution >= 0.6 is 11.6 Å². The Bertz CT molecular complexity index is 1380. The van der Waals surface area contributed by atoms with Gasteiger partial charge in [0.1, 0.15) is 10.7 Å². The number of terminal acetylenes is 1. The standard InChI is InChI=1S/C24H28ClN5O5S/c1-4-21(31)28-9-7-23(8-10-28)14-30-22(32)13-29(15-24(30,16-35-3)27(23)2)36(33,34)20-12-17-11-18(25)5-6-19(17)26-20/h1,5-6,11-12,26H,7-10,13-16H2,2-3H3. The largest absolute Gasteiger partial charge is 0.381 e. The Morgan fingerprint density at radius 3 is 2.64 bits per heavy atom. The molecule has 2 amide bonds. The minimum atomic E-state index is -4.02. The summed E-state index contributed by atoms with van der Waals surface area (Å²) in [5.41, 5.74) is -0.762. The van der Waals surface area contributed by atoms with Crippen molar-refractivity contribution in [3.05, 3.63) is 29.3 Å². The number of fused-ring (bicyclic) bond motifs is 2. The number of piperazine rings is 1. The molecule has 2 aromatic rings. The average molecular weight is 534 g/mol. The molecule has 3 saturated heterocycles. The number of rotatable bonds is 4. The van der Waals surface area contributed by atoms with Gasteiger partial charge in [0, 0.05) is 48.2 Å². The van der Waals surface area contributed by atoms with Crippen LogP contribution in [0, 0.1) is 12.3 Å². The fourth-order valence-electron chi connectivity index (χ4n) is 5.94. The minimum absolute atomic E-state index is 0.00468. The molecule has 10 nitrogen and oxygen atoms in total. The predicted molar refractivity (Wildman–Crippen MR) is 134 cm³/mol. The number of sulfonamides is 1. The highest BCUT2D eigenvalue weighted by atomic mass is 35.5. The van der Waals surface area contributed by atoms with Gasteiger partial charge < -0.3 is 19.5 Å². The Kier molecular flexibility index (Phi) is 6.08. The second kappa shape index (κ2) is 8.75. The van der Waals surface area contributed by atoms with E-state index in [1.54, 1.807) is 35.1 Å². The van der Waals surface area contributed by atoms with Crippen LogP contribution in [-0.2, 0) is 24.3 Å². The average Bonchev–Trinajstić information content (AvgIpc) is 3.38. The van der Waals surface area contributed by atoms with Gasteiger partial charge in [-0.2, -0.15) is 4.31 Å². The van der Waals surface area contributed by atoms with Crippen LogP contribution < -0.4 is 0 Å². The molecule has 3 aliphatic heterocycles. The predicted octanol–water partition coefficient (Wildman–Crippen LogP) is 0.937. The number of aromatic nitrogens is 1. The van der Waals surface area contributed by atoms with E-state index in [2.05, 4.69) is 15.8 Å². The molecule has 1 spiro atoms. The van der Waals surface area contributed by atoms with E-state index in [9.17, 15) is 18.0 Å². The Balaban J connectivity index is 1.47. The maximum Gasteiger partial charge on any atom is 0.298 e. The van der Waals surface area contributed by atoms with Gasteiger partial charge in [0.05, 0.1) is 19.7 Å². The number of halogens is 1. The lowest BCUT2D eigenvalue weighted by atomic mass is 9.86. The summed E-state index contributed by atoms with van der Waals surface area (Å²) >= 11 is 6.07. The zero-order valence-electron chi connectivity index (χ0n) is 20.2. The third-order valence-corrected chi connectivity index (χ3v) is 9.94. The molecule has 192 valence electrons. The SMILES string of the molecule is C#CC(=O)N1CCC2(CC1)CN1C(=O)CN(S(=O)(=O)c3cc4cc(Cl)ccc4[nH]3)CC1(COC)N2C. The van der Waals surface area contributed by atoms with Crippen molar-refractivity contribution >= 4 is 44.3 Å². The molecule has 4 heterocycles. The summed E-state index contributed by atoms with van der Waals surface area (Å²) in [6, 6.07) is 6.63. The molecular formula is C24H28ClN5O5S. The van der Waals surface area contributed by atoms with Gasteiger partial charge in [-0.1, -0.05) is 11.6 Å². The maximum absolute atomic E-state index is 13.7. The molecule has 1 aromatic heterocycles. The summed E-state index contributed by atoms with van der Waals surface area (Å²) in [6.07, 6.45) is 6.52. The Hall–Kier alpha value is -2.62. The number of nitrogens with zero attached hydrogens (tertiary/aromatic N) is 4. The first-order valence-corrected chi connectivity index (χ1v) is 13.5. The van der Waals surface area contributed by atoms with Crippen LogP contribution in [0.5, 0.6) is 0 Å². The number of aromatic amines is 1. The smallest absolute Gasteiger partial charge is 0.298 e. The quantitative estimate of drug-likeness (QED) is 0.586. The van der Waals surface area contributed by atoms with Crippen LogP contribution in [0.1, 0.15) is 12.8 Å². The van der Waals surface area contributed by atoms with Gasteiger partial charge in [0.2, 0.25) is 5.91 Å². The van der Waals surface area contributed by atoms with Crippen molar-refractivity contribution in [3.63, 3.8) is 0 Å². The lowest BCUT2D eigenvalue weighted by Crippen LogP contribution is -2.70. The van der Waals surface area contributed by atoms with E-state index < -0.39 is 21.2 Å². The van der Waals surface area contributed by atoms with Gasteiger partial charge in [-0.3, -0.25) is 14.5 Å². The molecular weight excluding hydrogens is 506 g/mol. The number of likely N-dealkylation sites (N-methyl/N-ethyl adjacent to an activating group) is 1. The fraction of sp³-hybridized carbons (Fsp3) is 0.500. The van der Waals surface area contributed by atoms with E-state index in [1.807, 2.05) is 7.05 Å². The molecule has 5 rings (SSSR count). The van der Waals surface area contributed by atoms with Crippen LogP contribution in [0.15, 0.2) is 29.3 Å². The molecule has 1 aromatic carbocycles. The van der Waals surface area contributed by atoms with Crippen molar-refractivity contribution in [2.24, 2.45) is 0 Å². The van der Waals surface area contributed by atoms with Crippen LogP contribution in [0.3, 0.4) is 0 Å². The zero-order chi connectivity index (χ0) is 25.9. The van der Waals surface area contributed by atoms with Gasteiger partial charge in [-0.15, -0.1) is 6.42 Å². The first-order chi connectivity index (χ1) is 17.1. The van der Waals surface area contributed by atoms with Gasteiger partial charge in [0.25, 0.3) is 15.9 Å². The molecule has 3 fully saturated rings. The molecule has 12 heteroatoms. The number of amides is 2. The summed E-state index contributed by atoms with van der Waals surface area (Å²) in [5, 5.41) is 1.18. The van der Waals surface area contributed by atoms with Crippen LogP contribution in [0.25, 0.3) is 10.9 Å². The molecule has 0 saturated carbocycles. The first kappa shape index (κ1) is 25.0. The zero-order valence-corrected chi connectivity index (χ0v) is 21.7. The van der Waals surface area contributed by atoms with E-state index in [0.717, 1.165) is 0 Å². The monoisotopic (exact) mass is 533 g/mol. The van der Waals surface area contributed by atoms with E-state index in [4.69, 9.17) is 22.8 Å². The number of carbonyl (C=O) groups is 2. The number of methoxy groups -OCH3 is 1. The molecule has 1 atom stereocenters. The first-order valence-electron chi connectivity index (χ1n) is 11.6. The molecule has 1 N–H and O–H groups in total. The Morgan fingerprint density at radius 1 is 1.25 bits per heavy atom. The van der Waals surface area contributed by atoms with Crippen molar-refractivity contribution in [2.45, 2.75) is 29.1 Å². The molecule has 1 unspecified atom stereocenters. The second-order valence-corrected chi connectivity index (χ2v) is 12.1. The van der Waals surface area contributed by atoms with E-state index in [0.29, 0.717) is 48.4 Å². The summed E-state index contributed by atoms with van der Waals surface area (Å²) in [4.78, 5) is 33.9. The second-order valence-electron chi connectivity index (χ2n) is 9.75. The molecule has 0 aliphatic carbocycles. The summed E-state index contributed by atoms with van der Waals surface area (Å²) in [5.74, 6) is 1.54. The maximum atomic E-state index is 13.7. The minimum Gasteiger partial charge on any atom is -0.381 e. The third kappa shape index (κ3) is 3.71. The number of likely N-dealkylation sites (tertiary alicyclic amines) is 1.